The van der Waals surface area contributed by atoms with Crippen molar-refractivity contribution in [3.05, 3.63) is 25.4 Å². The van der Waals surface area contributed by atoms with E-state index in [1.807, 2.05) is 6.92 Å². The highest BCUT2D eigenvalue weighted by molar-refractivity contribution is 9.11. The van der Waals surface area contributed by atoms with Crippen LogP contribution in [0.5, 0.6) is 0 Å². The normalized spacial score (nSPS) is 10.6. The van der Waals surface area contributed by atoms with Crippen LogP contribution in [0.1, 0.15) is 20.2 Å². The van der Waals surface area contributed by atoms with E-state index in [1.54, 1.807) is 11.3 Å². The summed E-state index contributed by atoms with van der Waals surface area (Å²) in [6, 6.07) is 2.08. The zero-order valence-electron chi connectivity index (χ0n) is 9.54. The first-order valence-electron chi connectivity index (χ1n) is 4.85. The van der Waals surface area contributed by atoms with Gasteiger partial charge in [-0.3, -0.25) is 0 Å². The predicted octanol–water partition coefficient (Wildman–Crippen LogP) is 4.04. The summed E-state index contributed by atoms with van der Waals surface area (Å²) in [6.07, 6.45) is 0. The minimum Gasteiger partial charge on any atom is -0.464 e. The van der Waals surface area contributed by atoms with Crippen molar-refractivity contribution < 1.29 is 9.53 Å². The van der Waals surface area contributed by atoms with Crippen molar-refractivity contribution in [3.8, 4) is 10.4 Å². The number of carbonyl (C=O) groups excluding carboxylic acids is 1. The molecule has 3 nitrogen and oxygen atoms in total. The van der Waals surface area contributed by atoms with Crippen molar-refractivity contribution in [1.82, 2.24) is 4.98 Å². The van der Waals surface area contributed by atoms with Crippen LogP contribution in [0, 0.1) is 13.8 Å². The van der Waals surface area contributed by atoms with Crippen molar-refractivity contribution in [2.75, 3.05) is 7.11 Å². The molecule has 0 bridgehead atoms. The second kappa shape index (κ2) is 4.88. The first-order valence-corrected chi connectivity index (χ1v) is 7.27. The maximum atomic E-state index is 11.6. The number of hydrogen-bond acceptors (Lipinski definition) is 5. The molecular formula is C11H10BrNO2S2. The van der Waals surface area contributed by atoms with Crippen LogP contribution in [-0.4, -0.2) is 18.1 Å². The number of thiazole rings is 1. The number of nitrogens with zero attached hydrogens (tertiary/aromatic N) is 1. The fraction of sp³-hybridized carbons (Fsp3) is 0.273. The Balaban J connectivity index is 2.59. The van der Waals surface area contributed by atoms with Crippen molar-refractivity contribution in [3.63, 3.8) is 0 Å². The predicted molar refractivity (Wildman–Crippen MR) is 73.9 cm³/mol. The Morgan fingerprint density at radius 2 is 2.12 bits per heavy atom. The number of methoxy groups -OCH3 is 1. The largest absolute Gasteiger partial charge is 0.464 e. The third kappa shape index (κ3) is 2.43. The summed E-state index contributed by atoms with van der Waals surface area (Å²) < 4.78 is 5.44. The summed E-state index contributed by atoms with van der Waals surface area (Å²) in [7, 11) is 1.37. The zero-order valence-corrected chi connectivity index (χ0v) is 12.8. The van der Waals surface area contributed by atoms with Gasteiger partial charge in [0.05, 0.1) is 12.0 Å². The third-order valence-electron chi connectivity index (χ3n) is 2.27. The van der Waals surface area contributed by atoms with Gasteiger partial charge in [-0.2, -0.15) is 0 Å². The molecule has 0 aliphatic carbocycles. The number of carbonyl (C=O) groups is 1. The lowest BCUT2D eigenvalue weighted by Gasteiger charge is -1.99. The van der Waals surface area contributed by atoms with Crippen LogP contribution in [0.4, 0.5) is 0 Å². The van der Waals surface area contributed by atoms with Crippen molar-refractivity contribution >= 4 is 44.6 Å². The van der Waals surface area contributed by atoms with E-state index in [-0.39, 0.29) is 0 Å². The van der Waals surface area contributed by atoms with Gasteiger partial charge in [0.15, 0.2) is 9.61 Å². The lowest BCUT2D eigenvalue weighted by molar-refractivity contribution is 0.0595. The molecule has 17 heavy (non-hydrogen) atoms. The van der Waals surface area contributed by atoms with E-state index in [9.17, 15) is 4.79 Å². The summed E-state index contributed by atoms with van der Waals surface area (Å²) >= 11 is 6.48. The second-order valence-corrected chi connectivity index (χ2v) is 7.20. The van der Waals surface area contributed by atoms with Crippen molar-refractivity contribution in [2.24, 2.45) is 0 Å². The molecule has 0 saturated heterocycles. The maximum Gasteiger partial charge on any atom is 0.358 e. The topological polar surface area (TPSA) is 39.2 Å². The van der Waals surface area contributed by atoms with Gasteiger partial charge < -0.3 is 4.74 Å². The van der Waals surface area contributed by atoms with E-state index < -0.39 is 5.97 Å². The molecule has 0 spiro atoms. The van der Waals surface area contributed by atoms with Gasteiger partial charge in [-0.1, -0.05) is 0 Å². The van der Waals surface area contributed by atoms with E-state index >= 15 is 0 Å². The molecule has 6 heteroatoms. The molecular weight excluding hydrogens is 322 g/mol. The fourth-order valence-corrected chi connectivity index (χ4v) is 4.08. The van der Waals surface area contributed by atoms with E-state index in [2.05, 4.69) is 33.9 Å². The highest BCUT2D eigenvalue weighted by Gasteiger charge is 2.21. The maximum absolute atomic E-state index is 11.6. The van der Waals surface area contributed by atoms with Gasteiger partial charge in [-0.15, -0.1) is 22.7 Å². The number of thiophene rings is 1. The Morgan fingerprint density at radius 3 is 2.65 bits per heavy atom. The summed E-state index contributed by atoms with van der Waals surface area (Å²) in [4.78, 5) is 19.1. The van der Waals surface area contributed by atoms with Crippen molar-refractivity contribution in [1.29, 1.82) is 0 Å². The second-order valence-electron chi connectivity index (χ2n) is 3.46. The molecule has 2 aromatic rings. The van der Waals surface area contributed by atoms with Gasteiger partial charge in [0.25, 0.3) is 0 Å². The number of esters is 1. The summed E-state index contributed by atoms with van der Waals surface area (Å²) in [6.45, 7) is 4.09. The Kier molecular flexibility index (Phi) is 3.65. The molecule has 2 rings (SSSR count). The van der Waals surface area contributed by atoms with Crippen LogP contribution in [0.15, 0.2) is 9.98 Å². The Morgan fingerprint density at radius 1 is 1.41 bits per heavy atom. The monoisotopic (exact) mass is 331 g/mol. The number of aryl methyl sites for hydroxylation is 2. The summed E-state index contributed by atoms with van der Waals surface area (Å²) in [5, 5.41) is 0. The summed E-state index contributed by atoms with van der Waals surface area (Å²) in [5.41, 5.74) is 1.45. The van der Waals surface area contributed by atoms with Crippen LogP contribution in [0.3, 0.4) is 0 Å². The smallest absolute Gasteiger partial charge is 0.358 e. The van der Waals surface area contributed by atoms with Crippen LogP contribution >= 0.6 is 38.6 Å². The number of hydrogen-bond donors (Lipinski definition) is 0. The minimum atomic E-state index is -0.398. The molecule has 0 saturated carbocycles. The van der Waals surface area contributed by atoms with Gasteiger partial charge in [0, 0.05) is 15.3 Å². The molecule has 0 fully saturated rings. The summed E-state index contributed by atoms with van der Waals surface area (Å²) in [5.74, 6) is -0.398. The minimum absolute atomic E-state index is 0.380. The molecule has 0 aliphatic heterocycles. The van der Waals surface area contributed by atoms with Crippen LogP contribution in [0.2, 0.25) is 0 Å². The van der Waals surface area contributed by atoms with E-state index in [4.69, 9.17) is 4.74 Å². The fourth-order valence-electron chi connectivity index (χ4n) is 1.57. The molecule has 0 N–H and O–H groups in total. The number of aromatic nitrogens is 1. The van der Waals surface area contributed by atoms with E-state index in [0.717, 1.165) is 10.4 Å². The van der Waals surface area contributed by atoms with Crippen LogP contribution < -0.4 is 0 Å². The lowest BCUT2D eigenvalue weighted by Crippen LogP contribution is -2.03. The molecule has 0 unspecified atom stereocenters. The standard InChI is InChI=1S/C11H10BrNO2S2/c1-5-4-7(6(2)16-5)9-8(10(14)15-3)13-11(12)17-9/h4H,1-3H3. The Hall–Kier alpha value is -0.720. The highest BCUT2D eigenvalue weighted by atomic mass is 79.9. The molecule has 0 atom stereocenters. The van der Waals surface area contributed by atoms with Crippen LogP contribution in [-0.2, 0) is 4.74 Å². The average Bonchev–Trinajstić information content (AvgIpc) is 2.80. The Bertz CT molecular complexity index is 574. The quantitative estimate of drug-likeness (QED) is 0.779. The third-order valence-corrected chi connectivity index (χ3v) is 4.77. The lowest BCUT2D eigenvalue weighted by atomic mass is 10.2. The van der Waals surface area contributed by atoms with E-state index in [0.29, 0.717) is 9.61 Å². The molecule has 2 heterocycles. The SMILES string of the molecule is COC(=O)c1nc(Br)sc1-c1cc(C)sc1C. The Labute approximate surface area is 116 Å². The number of rotatable bonds is 2. The number of ether oxygens (including phenoxy) is 1. The van der Waals surface area contributed by atoms with Crippen molar-refractivity contribution in [2.45, 2.75) is 13.8 Å². The van der Waals surface area contributed by atoms with Gasteiger partial charge in [0.1, 0.15) is 0 Å². The highest BCUT2D eigenvalue weighted by Crippen LogP contribution is 2.38. The molecule has 0 aliphatic rings. The van der Waals surface area contributed by atoms with Gasteiger partial charge >= 0.3 is 5.97 Å². The molecule has 2 aromatic heterocycles. The molecule has 0 amide bonds. The van der Waals surface area contributed by atoms with E-state index in [1.165, 1.54) is 28.2 Å². The first kappa shape index (κ1) is 12.7. The average molecular weight is 332 g/mol. The first-order chi connectivity index (χ1) is 8.02. The zero-order chi connectivity index (χ0) is 12.6. The van der Waals surface area contributed by atoms with Gasteiger partial charge in [-0.25, -0.2) is 9.78 Å². The van der Waals surface area contributed by atoms with Gasteiger partial charge in [0.2, 0.25) is 0 Å². The van der Waals surface area contributed by atoms with Gasteiger partial charge in [-0.05, 0) is 35.8 Å². The molecule has 0 radical (unpaired) electrons. The molecule has 90 valence electrons. The molecule has 0 aromatic carbocycles. The number of halogens is 1. The van der Waals surface area contributed by atoms with Crippen LogP contribution in [0.25, 0.3) is 10.4 Å².